The van der Waals surface area contributed by atoms with Crippen molar-refractivity contribution in [2.75, 3.05) is 5.73 Å². The summed E-state index contributed by atoms with van der Waals surface area (Å²) in [6.45, 7) is 4.12. The van der Waals surface area contributed by atoms with Gasteiger partial charge in [0.05, 0.1) is 5.39 Å². The first-order valence-electron chi connectivity index (χ1n) is 9.23. The molecule has 0 saturated carbocycles. The minimum absolute atomic E-state index is 0.0469. The number of carbonyl (C=O) groups is 1. The van der Waals surface area contributed by atoms with Crippen LogP contribution in [0, 0.1) is 0 Å². The van der Waals surface area contributed by atoms with E-state index in [1.807, 2.05) is 31.2 Å². The van der Waals surface area contributed by atoms with E-state index in [1.54, 1.807) is 6.20 Å². The van der Waals surface area contributed by atoms with Crippen molar-refractivity contribution >= 4 is 22.9 Å². The number of nitrogens with one attached hydrogen (secondary N) is 3. The number of carbonyl (C=O) groups excluding carboxylic acids is 1. The van der Waals surface area contributed by atoms with Gasteiger partial charge in [0.15, 0.2) is 0 Å². The monoisotopic (exact) mass is 367 g/mol. The number of rotatable bonds is 7. The molecule has 142 valence electrons. The maximum Gasteiger partial charge on any atom is 0.262 e. The van der Waals surface area contributed by atoms with Crippen LogP contribution in [0.3, 0.4) is 0 Å². The molecule has 0 saturated heterocycles. The third kappa shape index (κ3) is 4.36. The van der Waals surface area contributed by atoms with Crippen LogP contribution in [0.4, 0.5) is 5.95 Å². The molecule has 3 aromatic rings. The first-order chi connectivity index (χ1) is 13.0. The fraction of sp³-hybridized carbons (Fsp3) is 0.350. The van der Waals surface area contributed by atoms with E-state index in [9.17, 15) is 9.59 Å². The predicted octanol–water partition coefficient (Wildman–Crippen LogP) is 2.54. The lowest BCUT2D eigenvalue weighted by Crippen LogP contribution is -2.32. The molecule has 5 N–H and O–H groups in total. The molecule has 27 heavy (non-hydrogen) atoms. The number of aromatic amines is 2. The van der Waals surface area contributed by atoms with E-state index in [0.717, 1.165) is 30.4 Å². The topological polar surface area (TPSA) is 117 Å². The summed E-state index contributed by atoms with van der Waals surface area (Å²) in [7, 11) is 0. The minimum atomic E-state index is -0.234. The summed E-state index contributed by atoms with van der Waals surface area (Å²) >= 11 is 0. The summed E-state index contributed by atoms with van der Waals surface area (Å²) in [5.41, 5.74) is 8.48. The highest BCUT2D eigenvalue weighted by molar-refractivity contribution is 5.94. The van der Waals surface area contributed by atoms with E-state index in [4.69, 9.17) is 5.73 Å². The number of fused-ring (bicyclic) bond motifs is 1. The van der Waals surface area contributed by atoms with Gasteiger partial charge in [0, 0.05) is 17.8 Å². The van der Waals surface area contributed by atoms with E-state index in [2.05, 4.69) is 27.2 Å². The van der Waals surface area contributed by atoms with Crippen molar-refractivity contribution in [3.8, 4) is 0 Å². The molecule has 7 heteroatoms. The standard InChI is InChI=1S/C20H25N5O2/c1-3-4-12(2)23-18(26)14-8-5-13(6-9-14)7-10-15-11-22-17-16(15)19(27)25-20(21)24-17/h5-6,8-9,11-12H,3-4,7,10H2,1-2H3,(H,23,26)(H4,21,22,24,25,27)/t12-/m1/s1. The normalized spacial score (nSPS) is 12.2. The number of anilines is 1. The Kier molecular flexibility index (Phi) is 5.59. The van der Waals surface area contributed by atoms with Crippen LogP contribution in [0.25, 0.3) is 11.0 Å². The molecule has 2 heterocycles. The van der Waals surface area contributed by atoms with Crippen LogP contribution in [-0.4, -0.2) is 26.9 Å². The van der Waals surface area contributed by atoms with Gasteiger partial charge in [-0.1, -0.05) is 25.5 Å². The highest BCUT2D eigenvalue weighted by Gasteiger charge is 2.11. The van der Waals surface area contributed by atoms with Gasteiger partial charge in [0.2, 0.25) is 5.95 Å². The summed E-state index contributed by atoms with van der Waals surface area (Å²) in [4.78, 5) is 34.0. The first kappa shape index (κ1) is 18.7. The van der Waals surface area contributed by atoms with Crippen molar-refractivity contribution in [2.24, 2.45) is 0 Å². The van der Waals surface area contributed by atoms with Gasteiger partial charge in [-0.15, -0.1) is 0 Å². The number of nitrogens with two attached hydrogens (primary N) is 1. The van der Waals surface area contributed by atoms with Crippen LogP contribution in [-0.2, 0) is 12.8 Å². The molecule has 1 atom stereocenters. The fourth-order valence-electron chi connectivity index (χ4n) is 3.23. The molecular weight excluding hydrogens is 342 g/mol. The van der Waals surface area contributed by atoms with Gasteiger partial charge in [0.1, 0.15) is 5.65 Å². The van der Waals surface area contributed by atoms with Crippen molar-refractivity contribution in [3.05, 3.63) is 57.5 Å². The highest BCUT2D eigenvalue weighted by Crippen LogP contribution is 2.16. The Labute approximate surface area is 157 Å². The van der Waals surface area contributed by atoms with Crippen molar-refractivity contribution < 1.29 is 4.79 Å². The van der Waals surface area contributed by atoms with Crippen LogP contribution in [0.15, 0.2) is 35.3 Å². The molecule has 0 aliphatic rings. The van der Waals surface area contributed by atoms with E-state index in [-0.39, 0.29) is 23.5 Å². The second-order valence-electron chi connectivity index (χ2n) is 6.85. The predicted molar refractivity (Wildman–Crippen MR) is 107 cm³/mol. The van der Waals surface area contributed by atoms with Gasteiger partial charge < -0.3 is 16.0 Å². The second-order valence-corrected chi connectivity index (χ2v) is 6.85. The average Bonchev–Trinajstić information content (AvgIpc) is 3.03. The van der Waals surface area contributed by atoms with Gasteiger partial charge in [-0.3, -0.25) is 14.6 Å². The van der Waals surface area contributed by atoms with Crippen LogP contribution >= 0.6 is 0 Å². The average molecular weight is 367 g/mol. The van der Waals surface area contributed by atoms with Crippen molar-refractivity contribution in [3.63, 3.8) is 0 Å². The van der Waals surface area contributed by atoms with Gasteiger partial charge in [-0.2, -0.15) is 4.98 Å². The molecular formula is C20H25N5O2. The van der Waals surface area contributed by atoms with Crippen molar-refractivity contribution in [1.29, 1.82) is 0 Å². The summed E-state index contributed by atoms with van der Waals surface area (Å²) in [5.74, 6) is 0.0531. The zero-order chi connectivity index (χ0) is 19.4. The maximum absolute atomic E-state index is 12.2. The van der Waals surface area contributed by atoms with Crippen LogP contribution in [0.1, 0.15) is 48.2 Å². The third-order valence-corrected chi connectivity index (χ3v) is 4.64. The molecule has 0 radical (unpaired) electrons. The Balaban J connectivity index is 1.66. The molecule has 0 spiro atoms. The molecule has 0 aliphatic carbocycles. The Morgan fingerprint density at radius 1 is 1.26 bits per heavy atom. The summed E-state index contributed by atoms with van der Waals surface area (Å²) in [6, 6.07) is 7.76. The number of hydrogen-bond acceptors (Lipinski definition) is 4. The quantitative estimate of drug-likeness (QED) is 0.513. The summed E-state index contributed by atoms with van der Waals surface area (Å²) in [6.07, 6.45) is 5.25. The molecule has 7 nitrogen and oxygen atoms in total. The highest BCUT2D eigenvalue weighted by atomic mass is 16.1. The molecule has 0 unspecified atom stereocenters. The molecule has 1 amide bonds. The Morgan fingerprint density at radius 2 is 2.00 bits per heavy atom. The summed E-state index contributed by atoms with van der Waals surface area (Å²) in [5, 5.41) is 3.55. The number of amides is 1. The molecule has 0 fully saturated rings. The number of hydrogen-bond donors (Lipinski definition) is 4. The van der Waals surface area contributed by atoms with Crippen LogP contribution < -0.4 is 16.6 Å². The number of benzene rings is 1. The molecule has 0 aliphatic heterocycles. The second kappa shape index (κ2) is 8.07. The summed E-state index contributed by atoms with van der Waals surface area (Å²) < 4.78 is 0. The number of aromatic nitrogens is 3. The SMILES string of the molecule is CCC[C@@H](C)NC(=O)c1ccc(CCc2c[nH]c3nc(N)[nH]c(=O)c23)cc1. The Morgan fingerprint density at radius 3 is 2.70 bits per heavy atom. The lowest BCUT2D eigenvalue weighted by atomic mass is 10.0. The lowest BCUT2D eigenvalue weighted by Gasteiger charge is -2.12. The zero-order valence-corrected chi connectivity index (χ0v) is 15.6. The largest absolute Gasteiger partial charge is 0.369 e. The van der Waals surface area contributed by atoms with Crippen LogP contribution in [0.5, 0.6) is 0 Å². The third-order valence-electron chi connectivity index (χ3n) is 4.64. The minimum Gasteiger partial charge on any atom is -0.369 e. The Bertz CT molecular complexity index is 988. The zero-order valence-electron chi connectivity index (χ0n) is 15.6. The van der Waals surface area contributed by atoms with E-state index in [1.165, 1.54) is 0 Å². The van der Waals surface area contributed by atoms with E-state index < -0.39 is 0 Å². The first-order valence-corrected chi connectivity index (χ1v) is 9.23. The molecule has 0 bridgehead atoms. The molecule has 2 aromatic heterocycles. The van der Waals surface area contributed by atoms with E-state index >= 15 is 0 Å². The molecule has 1 aromatic carbocycles. The number of nitrogens with zero attached hydrogens (tertiary/aromatic N) is 1. The lowest BCUT2D eigenvalue weighted by molar-refractivity contribution is 0.0938. The van der Waals surface area contributed by atoms with Gasteiger partial charge in [0.25, 0.3) is 11.5 Å². The van der Waals surface area contributed by atoms with E-state index in [0.29, 0.717) is 23.0 Å². The van der Waals surface area contributed by atoms with Crippen LogP contribution in [0.2, 0.25) is 0 Å². The van der Waals surface area contributed by atoms with Gasteiger partial charge in [-0.05, 0) is 49.4 Å². The van der Waals surface area contributed by atoms with Crippen molar-refractivity contribution in [2.45, 2.75) is 45.6 Å². The maximum atomic E-state index is 12.2. The number of H-pyrrole nitrogens is 2. The van der Waals surface area contributed by atoms with Crippen molar-refractivity contribution in [1.82, 2.24) is 20.3 Å². The number of aryl methyl sites for hydroxylation is 2. The molecule has 3 rings (SSSR count). The smallest absolute Gasteiger partial charge is 0.262 e. The fourth-order valence-corrected chi connectivity index (χ4v) is 3.23. The Hall–Kier alpha value is -3.09. The van der Waals surface area contributed by atoms with Gasteiger partial charge >= 0.3 is 0 Å². The number of nitrogen functional groups attached to an aromatic ring is 1. The van der Waals surface area contributed by atoms with Gasteiger partial charge in [-0.25, -0.2) is 0 Å².